The maximum Gasteiger partial charge on any atom is 0.308 e. The van der Waals surface area contributed by atoms with E-state index in [1.807, 2.05) is 33.8 Å². The van der Waals surface area contributed by atoms with Gasteiger partial charge in [-0.3, -0.25) is 9.59 Å². The summed E-state index contributed by atoms with van der Waals surface area (Å²) in [4.78, 5) is 26.6. The number of carbonyl (C=O) groups is 2. The standard InChI is InChI=1S/C35H54O8/c1-10-18(2)29(39)43-22-17-34(8)20(19-15-21(42-30(19)40)28(38)32(5,6)41)11-12-23(34)35(9)26(37)16-24-31(3,4)25(36)13-14-33(24,7)27(22)35/h12-14,18-22,24,26-28,30,37-38,40-41H,10-11,15-17H2,1-9H3/t18-,19+,20+,21-,22?,24?,26-,27-,28-,30+,33+,34-,35-/m1/s1. The van der Waals surface area contributed by atoms with Crippen LogP contribution in [0, 0.1) is 51.2 Å². The minimum absolute atomic E-state index is 0.0535. The van der Waals surface area contributed by atoms with Crippen molar-refractivity contribution >= 4 is 11.8 Å². The molecule has 13 atom stereocenters. The van der Waals surface area contributed by atoms with Crippen LogP contribution in [0.2, 0.25) is 0 Å². The number of aliphatic hydroxyl groups is 4. The second-order valence-corrected chi connectivity index (χ2v) is 16.3. The molecule has 0 amide bonds. The van der Waals surface area contributed by atoms with Gasteiger partial charge in [0.25, 0.3) is 0 Å². The summed E-state index contributed by atoms with van der Waals surface area (Å²) < 4.78 is 12.3. The third-order valence-corrected chi connectivity index (χ3v) is 13.0. The Labute approximate surface area is 256 Å². The fraction of sp³-hybridized carbons (Fsp3) is 0.829. The smallest absolute Gasteiger partial charge is 0.308 e. The highest BCUT2D eigenvalue weighted by Gasteiger charge is 2.71. The highest BCUT2D eigenvalue weighted by atomic mass is 16.6. The number of allylic oxidation sites excluding steroid dienone is 3. The first kappa shape index (κ1) is 32.8. The molecule has 1 heterocycles. The topological polar surface area (TPSA) is 134 Å². The molecule has 5 rings (SSSR count). The van der Waals surface area contributed by atoms with Crippen molar-refractivity contribution in [3.8, 4) is 0 Å². The highest BCUT2D eigenvalue weighted by molar-refractivity contribution is 5.95. The summed E-state index contributed by atoms with van der Waals surface area (Å²) in [5, 5.41) is 44.6. The molecule has 0 spiro atoms. The Morgan fingerprint density at radius 3 is 2.42 bits per heavy atom. The van der Waals surface area contributed by atoms with Gasteiger partial charge in [0.05, 0.1) is 23.7 Å². The second-order valence-electron chi connectivity index (χ2n) is 16.3. The van der Waals surface area contributed by atoms with E-state index < -0.39 is 58.0 Å². The molecule has 1 aliphatic heterocycles. The molecule has 0 aromatic heterocycles. The largest absolute Gasteiger partial charge is 0.462 e. The van der Waals surface area contributed by atoms with E-state index >= 15 is 0 Å². The predicted molar refractivity (Wildman–Crippen MR) is 161 cm³/mol. The molecule has 8 nitrogen and oxygen atoms in total. The van der Waals surface area contributed by atoms with Crippen LogP contribution >= 0.6 is 0 Å². The molecular weight excluding hydrogens is 548 g/mol. The van der Waals surface area contributed by atoms with E-state index in [0.717, 1.165) is 5.57 Å². The normalized spacial score (nSPS) is 46.8. The Kier molecular flexibility index (Phi) is 7.99. The summed E-state index contributed by atoms with van der Waals surface area (Å²) in [5.74, 6) is -1.28. The van der Waals surface area contributed by atoms with Gasteiger partial charge in [-0.1, -0.05) is 66.2 Å². The molecule has 3 fully saturated rings. The zero-order valence-electron chi connectivity index (χ0n) is 27.5. The average molecular weight is 603 g/mol. The van der Waals surface area contributed by atoms with E-state index in [4.69, 9.17) is 9.47 Å². The Bertz CT molecular complexity index is 1200. The van der Waals surface area contributed by atoms with Gasteiger partial charge in [0.2, 0.25) is 0 Å². The van der Waals surface area contributed by atoms with Crippen molar-refractivity contribution < 1.29 is 39.5 Å². The number of ether oxygens (including phenoxy) is 2. The molecular formula is C35H54O8. The molecule has 2 saturated carbocycles. The molecule has 1 saturated heterocycles. The minimum atomic E-state index is -1.38. The van der Waals surface area contributed by atoms with Gasteiger partial charge >= 0.3 is 5.97 Å². The lowest BCUT2D eigenvalue weighted by molar-refractivity contribution is -0.214. The van der Waals surface area contributed by atoms with E-state index in [0.29, 0.717) is 32.1 Å². The molecule has 0 bridgehead atoms. The lowest BCUT2D eigenvalue weighted by Gasteiger charge is -2.67. The number of hydrogen-bond donors (Lipinski definition) is 4. The molecule has 0 aromatic rings. The molecule has 8 heteroatoms. The van der Waals surface area contributed by atoms with Crippen molar-refractivity contribution in [1.82, 2.24) is 0 Å². The van der Waals surface area contributed by atoms with Crippen molar-refractivity contribution in [1.29, 1.82) is 0 Å². The van der Waals surface area contributed by atoms with Gasteiger partial charge in [-0.2, -0.15) is 0 Å². The Balaban J connectivity index is 1.58. The first-order valence-electron chi connectivity index (χ1n) is 16.3. The lowest BCUT2D eigenvalue weighted by Crippen LogP contribution is -2.68. The van der Waals surface area contributed by atoms with Crippen LogP contribution < -0.4 is 0 Å². The number of hydrogen-bond acceptors (Lipinski definition) is 8. The molecule has 4 aliphatic carbocycles. The Morgan fingerprint density at radius 2 is 1.81 bits per heavy atom. The molecule has 5 aliphatic rings. The van der Waals surface area contributed by atoms with Crippen molar-refractivity contribution in [2.24, 2.45) is 51.2 Å². The third-order valence-electron chi connectivity index (χ3n) is 13.0. The molecule has 0 radical (unpaired) electrons. The first-order chi connectivity index (χ1) is 19.7. The van der Waals surface area contributed by atoms with Crippen LogP contribution in [0.5, 0.6) is 0 Å². The van der Waals surface area contributed by atoms with Gasteiger partial charge in [0, 0.05) is 22.7 Å². The van der Waals surface area contributed by atoms with E-state index in [1.54, 1.807) is 6.08 Å². The maximum atomic E-state index is 13.5. The number of carbonyl (C=O) groups excluding carboxylic acids is 2. The zero-order valence-corrected chi connectivity index (χ0v) is 27.5. The molecule has 4 N–H and O–H groups in total. The van der Waals surface area contributed by atoms with Crippen LogP contribution in [-0.2, 0) is 19.1 Å². The Morgan fingerprint density at radius 1 is 1.16 bits per heavy atom. The maximum absolute atomic E-state index is 13.5. The van der Waals surface area contributed by atoms with Gasteiger partial charge < -0.3 is 29.9 Å². The van der Waals surface area contributed by atoms with Crippen LogP contribution in [0.1, 0.15) is 94.4 Å². The third kappa shape index (κ3) is 4.72. The lowest BCUT2D eigenvalue weighted by atomic mass is 9.37. The summed E-state index contributed by atoms with van der Waals surface area (Å²) in [5.41, 5.74) is -2.71. The van der Waals surface area contributed by atoms with Crippen molar-refractivity contribution in [2.45, 2.75) is 131 Å². The highest BCUT2D eigenvalue weighted by Crippen LogP contribution is 2.72. The van der Waals surface area contributed by atoms with Crippen LogP contribution in [0.3, 0.4) is 0 Å². The van der Waals surface area contributed by atoms with E-state index in [9.17, 15) is 30.0 Å². The zero-order chi connectivity index (χ0) is 32.1. The van der Waals surface area contributed by atoms with Crippen molar-refractivity contribution in [3.05, 3.63) is 23.8 Å². The molecule has 242 valence electrons. The van der Waals surface area contributed by atoms with Gasteiger partial charge in [0.1, 0.15) is 12.2 Å². The monoisotopic (exact) mass is 602 g/mol. The summed E-state index contributed by atoms with van der Waals surface area (Å²) in [6.45, 7) is 17.3. The van der Waals surface area contributed by atoms with Gasteiger partial charge in [-0.15, -0.1) is 0 Å². The number of ketones is 1. The quantitative estimate of drug-likeness (QED) is 0.261. The van der Waals surface area contributed by atoms with E-state index in [-0.39, 0.29) is 41.3 Å². The fourth-order valence-electron chi connectivity index (χ4n) is 10.4. The summed E-state index contributed by atoms with van der Waals surface area (Å²) >= 11 is 0. The summed E-state index contributed by atoms with van der Waals surface area (Å²) in [6.07, 6.45) is 4.32. The molecule has 43 heavy (non-hydrogen) atoms. The van der Waals surface area contributed by atoms with Crippen LogP contribution in [-0.4, -0.2) is 68.5 Å². The van der Waals surface area contributed by atoms with Gasteiger partial charge in [-0.05, 0) is 74.7 Å². The van der Waals surface area contributed by atoms with Gasteiger partial charge in [-0.25, -0.2) is 0 Å². The molecule has 0 aromatic carbocycles. The van der Waals surface area contributed by atoms with Crippen molar-refractivity contribution in [3.63, 3.8) is 0 Å². The van der Waals surface area contributed by atoms with Crippen LogP contribution in [0.25, 0.3) is 0 Å². The first-order valence-corrected chi connectivity index (χ1v) is 16.3. The number of fused-ring (bicyclic) bond motifs is 5. The fourth-order valence-corrected chi connectivity index (χ4v) is 10.4. The molecule has 2 unspecified atom stereocenters. The number of rotatable bonds is 6. The van der Waals surface area contributed by atoms with E-state index in [1.165, 1.54) is 13.8 Å². The van der Waals surface area contributed by atoms with Gasteiger partial charge in [0.15, 0.2) is 12.1 Å². The SMILES string of the molecule is CC[C@@H](C)C(=O)OC1C[C@@]2(C)C(=CC[C@H]2[C@@H]2C[C@H]([C@@H](O)C(C)(C)O)O[C@@H]2O)[C@]2(C)[C@H](O)CC3C(C)(C)C(=O)C=C[C@]3(C)[C@@H]12. The van der Waals surface area contributed by atoms with Crippen LogP contribution in [0.4, 0.5) is 0 Å². The predicted octanol–water partition coefficient (Wildman–Crippen LogP) is 4.33. The summed E-state index contributed by atoms with van der Waals surface area (Å²) in [7, 11) is 0. The number of esters is 1. The van der Waals surface area contributed by atoms with Crippen LogP contribution in [0.15, 0.2) is 23.8 Å². The summed E-state index contributed by atoms with van der Waals surface area (Å²) in [6, 6.07) is 0. The minimum Gasteiger partial charge on any atom is -0.462 e. The van der Waals surface area contributed by atoms with E-state index in [2.05, 4.69) is 26.8 Å². The second kappa shape index (κ2) is 10.5. The van der Waals surface area contributed by atoms with Crippen molar-refractivity contribution in [2.75, 3.05) is 0 Å². The average Bonchev–Trinajstić information content (AvgIpc) is 3.46. The Hall–Kier alpha value is -1.58. The number of aliphatic hydroxyl groups excluding tert-OH is 3.